The van der Waals surface area contributed by atoms with E-state index in [0.717, 1.165) is 13.0 Å². The van der Waals surface area contributed by atoms with Crippen molar-refractivity contribution in [2.45, 2.75) is 44.3 Å². The monoisotopic (exact) mass is 264 g/mol. The minimum atomic E-state index is -0.537. The van der Waals surface area contributed by atoms with E-state index in [2.05, 4.69) is 10.2 Å². The fraction of sp³-hybridized carbons (Fsp3) is 0.600. The van der Waals surface area contributed by atoms with Crippen molar-refractivity contribution >= 4 is 0 Å². The largest absolute Gasteiger partial charge is 0.505 e. The lowest BCUT2D eigenvalue weighted by atomic mass is 9.99. The van der Waals surface area contributed by atoms with E-state index in [1.165, 1.54) is 31.9 Å². The van der Waals surface area contributed by atoms with E-state index in [9.17, 15) is 9.50 Å². The quantitative estimate of drug-likeness (QED) is 0.879. The number of piperidine rings is 1. The number of rotatable bonds is 3. The average molecular weight is 264 g/mol. The number of nitrogens with zero attached hydrogens (tertiary/aromatic N) is 1. The molecule has 2 N–H and O–H groups in total. The summed E-state index contributed by atoms with van der Waals surface area (Å²) in [5, 5.41) is 13.2. The molecule has 0 bridgehead atoms. The molecule has 104 valence electrons. The Balaban J connectivity index is 1.62. The van der Waals surface area contributed by atoms with Crippen LogP contribution >= 0.6 is 0 Å². The van der Waals surface area contributed by atoms with Gasteiger partial charge in [0.2, 0.25) is 0 Å². The first-order chi connectivity index (χ1) is 9.25. The molecule has 2 fully saturated rings. The Kier molecular flexibility index (Phi) is 3.71. The van der Waals surface area contributed by atoms with Crippen molar-refractivity contribution in [1.29, 1.82) is 0 Å². The van der Waals surface area contributed by atoms with Crippen LogP contribution in [0.1, 0.15) is 31.2 Å². The van der Waals surface area contributed by atoms with Crippen LogP contribution in [-0.2, 0) is 6.54 Å². The molecule has 1 aromatic rings. The molecule has 0 spiro atoms. The first kappa shape index (κ1) is 12.9. The lowest BCUT2D eigenvalue weighted by Crippen LogP contribution is -2.44. The maximum absolute atomic E-state index is 13.3. The summed E-state index contributed by atoms with van der Waals surface area (Å²) in [6.07, 6.45) is 5.03. The number of phenols is 1. The van der Waals surface area contributed by atoms with E-state index in [4.69, 9.17) is 0 Å². The molecule has 2 aliphatic rings. The number of hydrogen-bond acceptors (Lipinski definition) is 3. The number of aromatic hydroxyl groups is 1. The Morgan fingerprint density at radius 1 is 1.26 bits per heavy atom. The number of phenolic OH excluding ortho intramolecular Hbond substituents is 1. The second-order valence-electron chi connectivity index (χ2n) is 5.62. The number of halogens is 1. The summed E-state index contributed by atoms with van der Waals surface area (Å²) < 4.78 is 13.3. The van der Waals surface area contributed by atoms with E-state index in [1.807, 2.05) is 0 Å². The Morgan fingerprint density at radius 2 is 2.16 bits per heavy atom. The van der Waals surface area contributed by atoms with Crippen LogP contribution in [0.2, 0.25) is 0 Å². The summed E-state index contributed by atoms with van der Waals surface area (Å²) in [5.74, 6) is -0.751. The second-order valence-corrected chi connectivity index (χ2v) is 5.62. The van der Waals surface area contributed by atoms with E-state index in [1.54, 1.807) is 12.1 Å². The zero-order valence-corrected chi connectivity index (χ0v) is 11.1. The maximum Gasteiger partial charge on any atom is 0.165 e. The highest BCUT2D eigenvalue weighted by Gasteiger charge is 2.34. The SMILES string of the molecule is Oc1c(F)cccc1CNC1CCN2CCCCC12. The molecule has 3 rings (SSSR count). The molecule has 2 heterocycles. The van der Waals surface area contributed by atoms with Crippen LogP contribution < -0.4 is 5.32 Å². The fourth-order valence-electron chi connectivity index (χ4n) is 3.43. The Morgan fingerprint density at radius 3 is 3.05 bits per heavy atom. The Bertz CT molecular complexity index is 452. The predicted octanol–water partition coefficient (Wildman–Crippen LogP) is 2.25. The smallest absolute Gasteiger partial charge is 0.165 e. The molecule has 2 atom stereocenters. The topological polar surface area (TPSA) is 35.5 Å². The second kappa shape index (κ2) is 5.47. The highest BCUT2D eigenvalue weighted by atomic mass is 19.1. The highest BCUT2D eigenvalue weighted by molar-refractivity contribution is 5.33. The van der Waals surface area contributed by atoms with Crippen LogP contribution in [0.15, 0.2) is 18.2 Å². The van der Waals surface area contributed by atoms with Crippen molar-refractivity contribution < 1.29 is 9.50 Å². The van der Waals surface area contributed by atoms with Gasteiger partial charge < -0.3 is 10.4 Å². The van der Waals surface area contributed by atoms with Gasteiger partial charge in [0.05, 0.1) is 0 Å². The van der Waals surface area contributed by atoms with Gasteiger partial charge in [-0.25, -0.2) is 4.39 Å². The lowest BCUT2D eigenvalue weighted by Gasteiger charge is -2.32. The van der Waals surface area contributed by atoms with Crippen molar-refractivity contribution in [3.8, 4) is 5.75 Å². The summed E-state index contributed by atoms with van der Waals surface area (Å²) in [5.41, 5.74) is 0.647. The molecule has 0 aromatic heterocycles. The van der Waals surface area contributed by atoms with Gasteiger partial charge >= 0.3 is 0 Å². The molecule has 1 aromatic carbocycles. The molecule has 0 aliphatic carbocycles. The van der Waals surface area contributed by atoms with Crippen LogP contribution in [0.5, 0.6) is 5.75 Å². The van der Waals surface area contributed by atoms with Crippen LogP contribution in [0.25, 0.3) is 0 Å². The van der Waals surface area contributed by atoms with Gasteiger partial charge in [0, 0.05) is 30.7 Å². The predicted molar refractivity (Wildman–Crippen MR) is 72.5 cm³/mol. The summed E-state index contributed by atoms with van der Waals surface area (Å²) in [7, 11) is 0. The van der Waals surface area contributed by atoms with Crippen molar-refractivity contribution in [2.75, 3.05) is 13.1 Å². The first-order valence-corrected chi connectivity index (χ1v) is 7.19. The van der Waals surface area contributed by atoms with Gasteiger partial charge in [0.15, 0.2) is 11.6 Å². The molecule has 2 saturated heterocycles. The molecular weight excluding hydrogens is 243 g/mol. The van der Waals surface area contributed by atoms with Gasteiger partial charge in [0.25, 0.3) is 0 Å². The van der Waals surface area contributed by atoms with Gasteiger partial charge in [-0.05, 0) is 31.9 Å². The molecule has 0 saturated carbocycles. The summed E-state index contributed by atoms with van der Waals surface area (Å²) in [6.45, 7) is 2.92. The molecule has 2 unspecified atom stereocenters. The third kappa shape index (κ3) is 2.60. The van der Waals surface area contributed by atoms with Gasteiger partial charge in [-0.3, -0.25) is 4.90 Å². The van der Waals surface area contributed by atoms with Crippen LogP contribution in [-0.4, -0.2) is 35.2 Å². The average Bonchev–Trinajstić information content (AvgIpc) is 2.84. The van der Waals surface area contributed by atoms with E-state index < -0.39 is 5.82 Å². The third-order valence-corrected chi connectivity index (χ3v) is 4.48. The molecule has 4 heteroatoms. The van der Waals surface area contributed by atoms with Crippen LogP contribution in [0, 0.1) is 5.82 Å². The van der Waals surface area contributed by atoms with E-state index >= 15 is 0 Å². The van der Waals surface area contributed by atoms with Crippen molar-refractivity contribution in [1.82, 2.24) is 10.2 Å². The fourth-order valence-corrected chi connectivity index (χ4v) is 3.43. The third-order valence-electron chi connectivity index (χ3n) is 4.48. The van der Waals surface area contributed by atoms with Gasteiger partial charge in [-0.1, -0.05) is 18.6 Å². The summed E-state index contributed by atoms with van der Waals surface area (Å²) in [6, 6.07) is 5.82. The first-order valence-electron chi connectivity index (χ1n) is 7.19. The number of benzene rings is 1. The highest BCUT2D eigenvalue weighted by Crippen LogP contribution is 2.28. The molecule has 2 aliphatic heterocycles. The van der Waals surface area contributed by atoms with Gasteiger partial charge in [0.1, 0.15) is 0 Å². The molecule has 0 radical (unpaired) electrons. The molecule has 0 amide bonds. The summed E-state index contributed by atoms with van der Waals surface area (Å²) >= 11 is 0. The molecule has 3 nitrogen and oxygen atoms in total. The lowest BCUT2D eigenvalue weighted by molar-refractivity contribution is 0.180. The van der Waals surface area contributed by atoms with Crippen LogP contribution in [0.3, 0.4) is 0 Å². The maximum atomic E-state index is 13.3. The number of fused-ring (bicyclic) bond motifs is 1. The van der Waals surface area contributed by atoms with Crippen molar-refractivity contribution in [3.05, 3.63) is 29.6 Å². The van der Waals surface area contributed by atoms with Gasteiger partial charge in [-0.2, -0.15) is 0 Å². The minimum Gasteiger partial charge on any atom is -0.505 e. The van der Waals surface area contributed by atoms with Crippen molar-refractivity contribution in [2.24, 2.45) is 0 Å². The minimum absolute atomic E-state index is 0.214. The molecule has 19 heavy (non-hydrogen) atoms. The zero-order chi connectivity index (χ0) is 13.2. The zero-order valence-electron chi connectivity index (χ0n) is 11.1. The summed E-state index contributed by atoms with van der Waals surface area (Å²) in [4.78, 5) is 2.56. The van der Waals surface area contributed by atoms with Crippen LogP contribution in [0.4, 0.5) is 4.39 Å². The number of para-hydroxylation sites is 1. The normalized spacial score (nSPS) is 27.4. The Hall–Kier alpha value is -1.13. The standard InChI is InChI=1S/C15H21FN2O/c16-12-5-3-4-11(15(12)19)10-17-13-7-9-18-8-2-1-6-14(13)18/h3-5,13-14,17,19H,1-2,6-10H2. The van der Waals surface area contributed by atoms with Crippen molar-refractivity contribution in [3.63, 3.8) is 0 Å². The van der Waals surface area contributed by atoms with E-state index in [-0.39, 0.29) is 5.75 Å². The van der Waals surface area contributed by atoms with E-state index in [0.29, 0.717) is 24.2 Å². The number of hydrogen-bond donors (Lipinski definition) is 2. The number of nitrogens with one attached hydrogen (secondary N) is 1. The molecular formula is C15H21FN2O. The van der Waals surface area contributed by atoms with Gasteiger partial charge in [-0.15, -0.1) is 0 Å². The Labute approximate surface area is 113 Å².